The summed E-state index contributed by atoms with van der Waals surface area (Å²) in [7, 11) is 1.57. The first-order chi connectivity index (χ1) is 8.19. The van der Waals surface area contributed by atoms with Crippen LogP contribution in [-0.4, -0.2) is 23.2 Å². The van der Waals surface area contributed by atoms with Gasteiger partial charge in [-0.15, -0.1) is 10.2 Å². The second-order valence-corrected chi connectivity index (χ2v) is 4.36. The van der Waals surface area contributed by atoms with Gasteiger partial charge in [-0.3, -0.25) is 10.1 Å². The van der Waals surface area contributed by atoms with Crippen molar-refractivity contribution in [1.82, 2.24) is 10.2 Å². The second-order valence-electron chi connectivity index (χ2n) is 3.30. The Morgan fingerprint density at radius 3 is 3.00 bits per heavy atom. The lowest BCUT2D eigenvalue weighted by atomic mass is 10.4. The zero-order valence-electron chi connectivity index (χ0n) is 9.39. The van der Waals surface area contributed by atoms with Gasteiger partial charge in [0.1, 0.15) is 17.4 Å². The van der Waals surface area contributed by atoms with Gasteiger partial charge in [0.15, 0.2) is 5.76 Å². The maximum Gasteiger partial charge on any atom is 0.293 e. The standard InChI is InChI=1S/C10H11N3O3S/c1-6-3-4-7(16-6)9(14)11-10-13-12-8(17-10)5-15-2/h3-4H,5H2,1-2H3,(H,11,13,14). The lowest BCUT2D eigenvalue weighted by Gasteiger charge is -1.96. The third-order valence-corrected chi connectivity index (χ3v) is 2.73. The molecule has 0 aliphatic heterocycles. The Bertz CT molecular complexity index is 520. The molecule has 2 rings (SSSR count). The van der Waals surface area contributed by atoms with Gasteiger partial charge in [-0.25, -0.2) is 0 Å². The van der Waals surface area contributed by atoms with Crippen LogP contribution in [0.2, 0.25) is 0 Å². The summed E-state index contributed by atoms with van der Waals surface area (Å²) in [6, 6.07) is 3.34. The first kappa shape index (κ1) is 11.7. The molecule has 0 saturated heterocycles. The number of amides is 1. The van der Waals surface area contributed by atoms with Gasteiger partial charge < -0.3 is 9.15 Å². The third kappa shape index (κ3) is 2.89. The van der Waals surface area contributed by atoms with Crippen LogP contribution in [0.25, 0.3) is 0 Å². The highest BCUT2D eigenvalue weighted by atomic mass is 32.1. The molecule has 0 aliphatic carbocycles. The second kappa shape index (κ2) is 5.07. The predicted octanol–water partition coefficient (Wildman–Crippen LogP) is 1.84. The van der Waals surface area contributed by atoms with E-state index in [1.54, 1.807) is 26.2 Å². The summed E-state index contributed by atoms with van der Waals surface area (Å²) in [4.78, 5) is 11.7. The van der Waals surface area contributed by atoms with Crippen LogP contribution in [0, 0.1) is 6.92 Å². The Hall–Kier alpha value is -1.73. The number of nitrogens with zero attached hydrogens (tertiary/aromatic N) is 2. The molecule has 0 aliphatic rings. The lowest BCUT2D eigenvalue weighted by molar-refractivity contribution is 0.0995. The molecular formula is C10H11N3O3S. The van der Waals surface area contributed by atoms with Crippen molar-refractivity contribution >= 4 is 22.4 Å². The third-order valence-electron chi connectivity index (χ3n) is 1.92. The monoisotopic (exact) mass is 253 g/mol. The Morgan fingerprint density at radius 1 is 1.53 bits per heavy atom. The van der Waals surface area contributed by atoms with E-state index in [4.69, 9.17) is 9.15 Å². The topological polar surface area (TPSA) is 77.3 Å². The molecule has 0 radical (unpaired) electrons. The number of hydrogen-bond acceptors (Lipinski definition) is 6. The number of anilines is 1. The van der Waals surface area contributed by atoms with Crippen LogP contribution in [0.3, 0.4) is 0 Å². The number of methoxy groups -OCH3 is 1. The Kier molecular flexibility index (Phi) is 3.50. The molecule has 0 bridgehead atoms. The van der Waals surface area contributed by atoms with Crippen LogP contribution in [0.1, 0.15) is 21.3 Å². The van der Waals surface area contributed by atoms with E-state index in [0.29, 0.717) is 22.5 Å². The molecule has 0 spiro atoms. The predicted molar refractivity (Wildman–Crippen MR) is 62.0 cm³/mol. The van der Waals surface area contributed by atoms with Crippen molar-refractivity contribution in [3.63, 3.8) is 0 Å². The molecule has 0 atom stereocenters. The fourth-order valence-corrected chi connectivity index (χ4v) is 1.91. The molecular weight excluding hydrogens is 242 g/mol. The fourth-order valence-electron chi connectivity index (χ4n) is 1.20. The normalized spacial score (nSPS) is 10.5. The van der Waals surface area contributed by atoms with Crippen LogP contribution >= 0.6 is 11.3 Å². The number of carbonyl (C=O) groups is 1. The number of rotatable bonds is 4. The number of aryl methyl sites for hydroxylation is 1. The van der Waals surface area contributed by atoms with Crippen LogP contribution < -0.4 is 5.32 Å². The van der Waals surface area contributed by atoms with E-state index in [1.807, 2.05) is 0 Å². The molecule has 2 aromatic rings. The highest BCUT2D eigenvalue weighted by Crippen LogP contribution is 2.17. The molecule has 0 fully saturated rings. The fraction of sp³-hybridized carbons (Fsp3) is 0.300. The van der Waals surface area contributed by atoms with E-state index in [2.05, 4.69) is 15.5 Å². The van der Waals surface area contributed by atoms with Crippen LogP contribution in [0.15, 0.2) is 16.5 Å². The van der Waals surface area contributed by atoms with Crippen molar-refractivity contribution in [2.75, 3.05) is 12.4 Å². The van der Waals surface area contributed by atoms with Crippen molar-refractivity contribution in [2.45, 2.75) is 13.5 Å². The molecule has 2 heterocycles. The van der Waals surface area contributed by atoms with Crippen LogP contribution in [-0.2, 0) is 11.3 Å². The Morgan fingerprint density at radius 2 is 2.35 bits per heavy atom. The minimum Gasteiger partial charge on any atom is -0.456 e. The van der Waals surface area contributed by atoms with Crippen molar-refractivity contribution in [3.8, 4) is 0 Å². The van der Waals surface area contributed by atoms with Gasteiger partial charge in [0.2, 0.25) is 5.13 Å². The molecule has 0 saturated carbocycles. The minimum atomic E-state index is -0.335. The molecule has 0 aromatic carbocycles. The van der Waals surface area contributed by atoms with Gasteiger partial charge in [-0.2, -0.15) is 0 Å². The molecule has 0 unspecified atom stereocenters. The van der Waals surface area contributed by atoms with Gasteiger partial charge in [-0.1, -0.05) is 11.3 Å². The summed E-state index contributed by atoms with van der Waals surface area (Å²) >= 11 is 1.27. The van der Waals surface area contributed by atoms with Gasteiger partial charge in [0.25, 0.3) is 5.91 Å². The maximum atomic E-state index is 11.7. The van der Waals surface area contributed by atoms with E-state index >= 15 is 0 Å². The zero-order valence-corrected chi connectivity index (χ0v) is 10.2. The van der Waals surface area contributed by atoms with Gasteiger partial charge >= 0.3 is 0 Å². The van der Waals surface area contributed by atoms with E-state index in [1.165, 1.54) is 11.3 Å². The molecule has 2 aromatic heterocycles. The summed E-state index contributed by atoms with van der Waals surface area (Å²) in [5.41, 5.74) is 0. The molecule has 6 nitrogen and oxygen atoms in total. The molecule has 90 valence electrons. The van der Waals surface area contributed by atoms with Crippen molar-refractivity contribution in [2.24, 2.45) is 0 Å². The average Bonchev–Trinajstić information content (AvgIpc) is 2.88. The van der Waals surface area contributed by atoms with E-state index in [9.17, 15) is 4.79 Å². The number of nitrogens with one attached hydrogen (secondary N) is 1. The number of hydrogen-bond donors (Lipinski definition) is 1. The first-order valence-corrected chi connectivity index (χ1v) is 5.70. The summed E-state index contributed by atoms with van der Waals surface area (Å²) in [5, 5.41) is 11.4. The van der Waals surface area contributed by atoms with Crippen LogP contribution in [0.5, 0.6) is 0 Å². The first-order valence-electron chi connectivity index (χ1n) is 4.88. The van der Waals surface area contributed by atoms with Gasteiger partial charge in [0, 0.05) is 7.11 Å². The van der Waals surface area contributed by atoms with Crippen molar-refractivity contribution in [1.29, 1.82) is 0 Å². The zero-order chi connectivity index (χ0) is 12.3. The molecule has 1 amide bonds. The highest BCUT2D eigenvalue weighted by Gasteiger charge is 2.12. The quantitative estimate of drug-likeness (QED) is 0.899. The summed E-state index contributed by atoms with van der Waals surface area (Å²) in [6.07, 6.45) is 0. The maximum absolute atomic E-state index is 11.7. The van der Waals surface area contributed by atoms with E-state index in [-0.39, 0.29) is 11.7 Å². The summed E-state index contributed by atoms with van der Waals surface area (Å²) < 4.78 is 10.1. The number of furan rings is 1. The average molecular weight is 253 g/mol. The largest absolute Gasteiger partial charge is 0.456 e. The van der Waals surface area contributed by atoms with Gasteiger partial charge in [-0.05, 0) is 19.1 Å². The molecule has 7 heteroatoms. The Labute approximate surface area is 102 Å². The highest BCUT2D eigenvalue weighted by molar-refractivity contribution is 7.15. The lowest BCUT2D eigenvalue weighted by Crippen LogP contribution is -2.10. The van der Waals surface area contributed by atoms with Crippen molar-refractivity contribution < 1.29 is 13.9 Å². The number of ether oxygens (including phenoxy) is 1. The number of aromatic nitrogens is 2. The summed E-state index contributed by atoms with van der Waals surface area (Å²) in [6.45, 7) is 2.16. The Balaban J connectivity index is 2.02. The van der Waals surface area contributed by atoms with Gasteiger partial charge in [0.05, 0.1) is 0 Å². The smallest absolute Gasteiger partial charge is 0.293 e. The molecule has 17 heavy (non-hydrogen) atoms. The number of carbonyl (C=O) groups excluding carboxylic acids is 1. The van der Waals surface area contributed by atoms with Crippen molar-refractivity contribution in [3.05, 3.63) is 28.7 Å². The minimum absolute atomic E-state index is 0.256. The summed E-state index contributed by atoms with van der Waals surface area (Å²) in [5.74, 6) is 0.608. The van der Waals surface area contributed by atoms with E-state index in [0.717, 1.165) is 0 Å². The molecule has 1 N–H and O–H groups in total. The van der Waals surface area contributed by atoms with Crippen LogP contribution in [0.4, 0.5) is 5.13 Å². The SMILES string of the molecule is COCc1nnc(NC(=O)c2ccc(C)o2)s1. The van der Waals surface area contributed by atoms with E-state index < -0.39 is 0 Å².